The second-order valence-electron chi connectivity index (χ2n) is 9.58. The Morgan fingerprint density at radius 1 is 1.00 bits per heavy atom. The number of hydrogen-bond donors (Lipinski definition) is 0. The zero-order chi connectivity index (χ0) is 21.2. The molecule has 6 nitrogen and oxygen atoms in total. The van der Waals surface area contributed by atoms with Crippen LogP contribution in [0.4, 0.5) is 11.5 Å². The van der Waals surface area contributed by atoms with Gasteiger partial charge in [-0.2, -0.15) is 0 Å². The van der Waals surface area contributed by atoms with E-state index in [1.807, 2.05) is 6.20 Å². The Kier molecular flexibility index (Phi) is 6.10. The number of benzene rings is 1. The summed E-state index contributed by atoms with van der Waals surface area (Å²) in [5.41, 5.74) is 3.71. The van der Waals surface area contributed by atoms with Gasteiger partial charge in [-0.05, 0) is 90.1 Å². The minimum absolute atomic E-state index is 0.649. The first-order valence-corrected chi connectivity index (χ1v) is 12.0. The highest BCUT2D eigenvalue weighted by atomic mass is 15.2. The first kappa shape index (κ1) is 20.7. The molecule has 0 aliphatic carbocycles. The maximum atomic E-state index is 5.00. The van der Waals surface area contributed by atoms with E-state index in [9.17, 15) is 0 Å². The standard InChI is InChI=1S/C25H36N6/c1-28(2)23-11-17-31(19-23)22-8-6-20(7-9-22)24-26-18-21-10-16-30(25(21)27-24)15-5-14-29-12-3-4-13-29/h6-9,18,23H,3-5,10-17,19H2,1-2H3/t23-/m0/s1. The molecule has 0 bridgehead atoms. The van der Waals surface area contributed by atoms with Crippen molar-refractivity contribution in [1.29, 1.82) is 0 Å². The largest absolute Gasteiger partial charge is 0.370 e. The molecule has 4 heterocycles. The van der Waals surface area contributed by atoms with Gasteiger partial charge in [-0.25, -0.2) is 9.97 Å². The molecule has 31 heavy (non-hydrogen) atoms. The van der Waals surface area contributed by atoms with Crippen LogP contribution in [0.25, 0.3) is 11.4 Å². The number of likely N-dealkylation sites (N-methyl/N-ethyl adjacent to an activating group) is 1. The van der Waals surface area contributed by atoms with E-state index >= 15 is 0 Å². The lowest BCUT2D eigenvalue weighted by molar-refractivity contribution is 0.315. The highest BCUT2D eigenvalue weighted by Crippen LogP contribution is 2.29. The van der Waals surface area contributed by atoms with Crippen molar-refractivity contribution < 1.29 is 0 Å². The van der Waals surface area contributed by atoms with Crippen molar-refractivity contribution in [2.24, 2.45) is 0 Å². The second-order valence-corrected chi connectivity index (χ2v) is 9.58. The van der Waals surface area contributed by atoms with Crippen molar-refractivity contribution >= 4 is 11.5 Å². The number of fused-ring (bicyclic) bond motifs is 1. The minimum atomic E-state index is 0.649. The Labute approximate surface area is 186 Å². The topological polar surface area (TPSA) is 38.7 Å². The normalized spacial score (nSPS) is 21.5. The Hall–Kier alpha value is -2.18. The molecular formula is C25H36N6. The van der Waals surface area contributed by atoms with Gasteiger partial charge in [0, 0.05) is 55.2 Å². The molecule has 0 radical (unpaired) electrons. The van der Waals surface area contributed by atoms with Gasteiger partial charge in [0.25, 0.3) is 0 Å². The van der Waals surface area contributed by atoms with Gasteiger partial charge in [-0.15, -0.1) is 0 Å². The lowest BCUT2D eigenvalue weighted by Crippen LogP contribution is -2.31. The quantitative estimate of drug-likeness (QED) is 0.685. The van der Waals surface area contributed by atoms with E-state index in [-0.39, 0.29) is 0 Å². The number of likely N-dealkylation sites (tertiary alicyclic amines) is 1. The third kappa shape index (κ3) is 4.55. The molecular weight excluding hydrogens is 384 g/mol. The maximum absolute atomic E-state index is 5.00. The molecule has 0 unspecified atom stereocenters. The summed E-state index contributed by atoms with van der Waals surface area (Å²) in [5, 5.41) is 0. The molecule has 5 rings (SSSR count). The molecule has 1 aromatic heterocycles. The van der Waals surface area contributed by atoms with Gasteiger partial charge in [0.1, 0.15) is 5.82 Å². The van der Waals surface area contributed by atoms with E-state index in [1.165, 1.54) is 56.6 Å². The molecule has 1 aromatic carbocycles. The first-order valence-electron chi connectivity index (χ1n) is 12.0. The van der Waals surface area contributed by atoms with Crippen LogP contribution in [0, 0.1) is 0 Å². The van der Waals surface area contributed by atoms with E-state index in [0.29, 0.717) is 6.04 Å². The molecule has 3 aliphatic heterocycles. The Morgan fingerprint density at radius 2 is 1.81 bits per heavy atom. The van der Waals surface area contributed by atoms with Crippen molar-refractivity contribution in [2.45, 2.75) is 38.1 Å². The molecule has 0 spiro atoms. The molecule has 0 saturated carbocycles. The summed E-state index contributed by atoms with van der Waals surface area (Å²) >= 11 is 0. The fourth-order valence-corrected chi connectivity index (χ4v) is 5.28. The molecule has 166 valence electrons. The number of nitrogens with zero attached hydrogens (tertiary/aromatic N) is 6. The van der Waals surface area contributed by atoms with Gasteiger partial charge >= 0.3 is 0 Å². The molecule has 3 aliphatic rings. The lowest BCUT2D eigenvalue weighted by Gasteiger charge is -2.22. The summed E-state index contributed by atoms with van der Waals surface area (Å²) < 4.78 is 0. The van der Waals surface area contributed by atoms with E-state index in [2.05, 4.69) is 58.0 Å². The zero-order valence-corrected chi connectivity index (χ0v) is 19.1. The second kappa shape index (κ2) is 9.13. The van der Waals surface area contributed by atoms with Crippen molar-refractivity contribution in [3.63, 3.8) is 0 Å². The van der Waals surface area contributed by atoms with Gasteiger partial charge in [-0.1, -0.05) is 0 Å². The average molecular weight is 421 g/mol. The van der Waals surface area contributed by atoms with Gasteiger partial charge in [0.05, 0.1) is 0 Å². The predicted octanol–water partition coefficient (Wildman–Crippen LogP) is 3.13. The van der Waals surface area contributed by atoms with Gasteiger partial charge in [0.15, 0.2) is 5.82 Å². The molecule has 0 N–H and O–H groups in total. The number of anilines is 2. The summed E-state index contributed by atoms with van der Waals surface area (Å²) in [5.74, 6) is 2.01. The summed E-state index contributed by atoms with van der Waals surface area (Å²) in [6.07, 6.45) is 8.31. The first-order chi connectivity index (χ1) is 15.2. The minimum Gasteiger partial charge on any atom is -0.370 e. The predicted molar refractivity (Wildman–Crippen MR) is 128 cm³/mol. The Morgan fingerprint density at radius 3 is 2.55 bits per heavy atom. The highest BCUT2D eigenvalue weighted by Gasteiger charge is 2.25. The summed E-state index contributed by atoms with van der Waals surface area (Å²) in [6.45, 7) is 8.20. The van der Waals surface area contributed by atoms with E-state index in [0.717, 1.165) is 49.8 Å². The van der Waals surface area contributed by atoms with Crippen LogP contribution in [0.5, 0.6) is 0 Å². The fourth-order valence-electron chi connectivity index (χ4n) is 5.28. The average Bonchev–Trinajstić information content (AvgIpc) is 3.55. The number of aromatic nitrogens is 2. The van der Waals surface area contributed by atoms with Crippen molar-refractivity contribution in [1.82, 2.24) is 19.8 Å². The van der Waals surface area contributed by atoms with Crippen LogP contribution in [0.1, 0.15) is 31.2 Å². The SMILES string of the molecule is CN(C)[C@H]1CCN(c2ccc(-c3ncc4c(n3)N(CCCN3CCCC3)CC4)cc2)C1. The van der Waals surface area contributed by atoms with Crippen molar-refractivity contribution in [2.75, 3.05) is 69.7 Å². The van der Waals surface area contributed by atoms with Crippen LogP contribution in [0.3, 0.4) is 0 Å². The summed E-state index contributed by atoms with van der Waals surface area (Å²) in [4.78, 5) is 19.6. The van der Waals surface area contributed by atoms with Gasteiger partial charge < -0.3 is 19.6 Å². The molecule has 0 amide bonds. The molecule has 2 fully saturated rings. The van der Waals surface area contributed by atoms with Crippen LogP contribution < -0.4 is 9.80 Å². The molecule has 6 heteroatoms. The lowest BCUT2D eigenvalue weighted by atomic mass is 10.1. The number of rotatable bonds is 7. The van der Waals surface area contributed by atoms with Crippen LogP contribution in [0.15, 0.2) is 30.5 Å². The third-order valence-electron chi connectivity index (χ3n) is 7.28. The van der Waals surface area contributed by atoms with Crippen LogP contribution in [-0.4, -0.2) is 85.7 Å². The van der Waals surface area contributed by atoms with E-state index in [1.54, 1.807) is 0 Å². The van der Waals surface area contributed by atoms with E-state index < -0.39 is 0 Å². The Bertz CT molecular complexity index is 874. The highest BCUT2D eigenvalue weighted by molar-refractivity contribution is 5.64. The molecule has 2 aromatic rings. The van der Waals surface area contributed by atoms with E-state index in [4.69, 9.17) is 9.97 Å². The van der Waals surface area contributed by atoms with Gasteiger partial charge in [0.2, 0.25) is 0 Å². The number of hydrogen-bond acceptors (Lipinski definition) is 6. The fraction of sp³-hybridized carbons (Fsp3) is 0.600. The Balaban J connectivity index is 1.24. The smallest absolute Gasteiger partial charge is 0.161 e. The zero-order valence-electron chi connectivity index (χ0n) is 19.1. The molecule has 2 saturated heterocycles. The molecule has 1 atom stereocenters. The van der Waals surface area contributed by atoms with Gasteiger partial charge in [-0.3, -0.25) is 0 Å². The summed E-state index contributed by atoms with van der Waals surface area (Å²) in [6, 6.07) is 9.49. The maximum Gasteiger partial charge on any atom is 0.161 e. The monoisotopic (exact) mass is 420 g/mol. The third-order valence-corrected chi connectivity index (χ3v) is 7.28. The van der Waals surface area contributed by atoms with Crippen LogP contribution >= 0.6 is 0 Å². The van der Waals surface area contributed by atoms with Crippen molar-refractivity contribution in [3.05, 3.63) is 36.0 Å². The van der Waals surface area contributed by atoms with Crippen LogP contribution in [-0.2, 0) is 6.42 Å². The van der Waals surface area contributed by atoms with Crippen LogP contribution in [0.2, 0.25) is 0 Å². The summed E-state index contributed by atoms with van der Waals surface area (Å²) in [7, 11) is 4.36. The van der Waals surface area contributed by atoms with Crippen molar-refractivity contribution in [3.8, 4) is 11.4 Å².